The minimum Gasteiger partial charge on any atom is -0.493 e. The Morgan fingerprint density at radius 1 is 1.31 bits per heavy atom. The van der Waals surface area contributed by atoms with Crippen LogP contribution in [0, 0.1) is 6.92 Å². The lowest BCUT2D eigenvalue weighted by atomic mass is 10.2. The number of nitrogens with one attached hydrogen (secondary N) is 1. The third-order valence-electron chi connectivity index (χ3n) is 4.34. The van der Waals surface area contributed by atoms with Crippen LogP contribution in [0.4, 0.5) is 13.2 Å². The Bertz CT molecular complexity index is 994. The molecule has 0 unspecified atom stereocenters. The van der Waals surface area contributed by atoms with Crippen LogP contribution in [0.5, 0.6) is 5.75 Å². The van der Waals surface area contributed by atoms with Crippen LogP contribution in [-0.2, 0) is 12.7 Å². The monoisotopic (exact) mass is 407 g/mol. The van der Waals surface area contributed by atoms with E-state index in [0.29, 0.717) is 19.5 Å². The Balaban J connectivity index is 1.69. The number of rotatable bonds is 7. The fourth-order valence-electron chi connectivity index (χ4n) is 2.80. The number of methoxy groups -OCH3 is 1. The molecule has 0 aliphatic rings. The number of aromatic nitrogens is 4. The number of carbonyl (C=O) groups is 1. The molecule has 7 nitrogen and oxygen atoms in total. The van der Waals surface area contributed by atoms with E-state index in [2.05, 4.69) is 15.4 Å². The molecule has 0 spiro atoms. The SMILES string of the molecule is COc1cn(-c2cccc(C(F)(F)F)c2)nc1C(=O)NCCCn1ccnc1C. The maximum Gasteiger partial charge on any atom is 0.416 e. The van der Waals surface area contributed by atoms with Gasteiger partial charge in [0, 0.05) is 25.5 Å². The van der Waals surface area contributed by atoms with Gasteiger partial charge in [0.15, 0.2) is 11.4 Å². The minimum absolute atomic E-state index is 0.00345. The number of halogens is 3. The summed E-state index contributed by atoms with van der Waals surface area (Å²) in [5, 5.41) is 6.86. The highest BCUT2D eigenvalue weighted by Gasteiger charge is 2.30. The molecule has 0 saturated carbocycles. The summed E-state index contributed by atoms with van der Waals surface area (Å²) in [4.78, 5) is 16.6. The van der Waals surface area contributed by atoms with E-state index < -0.39 is 17.6 Å². The number of hydrogen-bond acceptors (Lipinski definition) is 4. The first-order chi connectivity index (χ1) is 13.8. The van der Waals surface area contributed by atoms with E-state index in [1.54, 1.807) is 6.20 Å². The van der Waals surface area contributed by atoms with Gasteiger partial charge in [-0.2, -0.15) is 18.3 Å². The lowest BCUT2D eigenvalue weighted by molar-refractivity contribution is -0.137. The van der Waals surface area contributed by atoms with Crippen LogP contribution >= 0.6 is 0 Å². The predicted molar refractivity (Wildman–Crippen MR) is 99.0 cm³/mol. The number of aryl methyl sites for hydroxylation is 2. The Labute approximate surface area is 165 Å². The molecule has 0 aliphatic carbocycles. The molecule has 0 radical (unpaired) electrons. The van der Waals surface area contributed by atoms with E-state index in [-0.39, 0.29) is 17.1 Å². The highest BCUT2D eigenvalue weighted by molar-refractivity contribution is 5.94. The van der Waals surface area contributed by atoms with Gasteiger partial charge in [0.25, 0.3) is 5.91 Å². The lowest BCUT2D eigenvalue weighted by Crippen LogP contribution is -2.26. The second kappa shape index (κ2) is 8.38. The number of hydrogen-bond donors (Lipinski definition) is 1. The van der Waals surface area contributed by atoms with Crippen molar-refractivity contribution in [3.63, 3.8) is 0 Å². The van der Waals surface area contributed by atoms with Crippen molar-refractivity contribution in [3.8, 4) is 11.4 Å². The van der Waals surface area contributed by atoms with Crippen molar-refractivity contribution in [1.82, 2.24) is 24.6 Å². The van der Waals surface area contributed by atoms with Crippen molar-refractivity contribution in [2.45, 2.75) is 26.1 Å². The number of carbonyl (C=O) groups excluding carboxylic acids is 1. The standard InChI is InChI=1S/C19H20F3N5O2/c1-13-23-8-10-26(13)9-4-7-24-18(28)17-16(29-2)12-27(25-17)15-6-3-5-14(11-15)19(20,21)22/h3,5-6,8,10-12H,4,7,9H2,1-2H3,(H,24,28). The summed E-state index contributed by atoms with van der Waals surface area (Å²) in [6.07, 6.45) is 1.15. The number of nitrogens with zero attached hydrogens (tertiary/aromatic N) is 4. The molecule has 29 heavy (non-hydrogen) atoms. The van der Waals surface area contributed by atoms with E-state index in [1.165, 1.54) is 30.1 Å². The summed E-state index contributed by atoms with van der Waals surface area (Å²) in [7, 11) is 1.37. The van der Waals surface area contributed by atoms with E-state index in [0.717, 1.165) is 18.0 Å². The van der Waals surface area contributed by atoms with Crippen molar-refractivity contribution in [3.05, 3.63) is 59.9 Å². The Hall–Kier alpha value is -3.30. The minimum atomic E-state index is -4.47. The predicted octanol–water partition coefficient (Wildman–Crippen LogP) is 3.22. The molecule has 3 aromatic rings. The molecule has 2 heterocycles. The van der Waals surface area contributed by atoms with E-state index in [4.69, 9.17) is 4.74 Å². The third kappa shape index (κ3) is 4.76. The largest absolute Gasteiger partial charge is 0.493 e. The van der Waals surface area contributed by atoms with Crippen molar-refractivity contribution >= 4 is 5.91 Å². The van der Waals surface area contributed by atoms with Gasteiger partial charge in [-0.3, -0.25) is 4.79 Å². The molecule has 0 fully saturated rings. The second-order valence-corrected chi connectivity index (χ2v) is 6.32. The average molecular weight is 407 g/mol. The van der Waals surface area contributed by atoms with Crippen LogP contribution in [0.3, 0.4) is 0 Å². The van der Waals surface area contributed by atoms with Crippen molar-refractivity contribution in [2.24, 2.45) is 0 Å². The zero-order chi connectivity index (χ0) is 21.0. The topological polar surface area (TPSA) is 74.0 Å². The van der Waals surface area contributed by atoms with Gasteiger partial charge in [-0.25, -0.2) is 9.67 Å². The van der Waals surface area contributed by atoms with Crippen LogP contribution in [0.1, 0.15) is 28.3 Å². The zero-order valence-electron chi connectivity index (χ0n) is 15.9. The fourth-order valence-corrected chi connectivity index (χ4v) is 2.80. The van der Waals surface area contributed by atoms with E-state index in [1.807, 2.05) is 17.7 Å². The summed E-state index contributed by atoms with van der Waals surface area (Å²) < 4.78 is 47.1. The zero-order valence-corrected chi connectivity index (χ0v) is 15.9. The molecule has 1 aromatic carbocycles. The highest BCUT2D eigenvalue weighted by atomic mass is 19.4. The summed E-state index contributed by atoms with van der Waals surface area (Å²) in [5.74, 6) is 0.595. The summed E-state index contributed by atoms with van der Waals surface area (Å²) >= 11 is 0. The fraction of sp³-hybridized carbons (Fsp3) is 0.316. The van der Waals surface area contributed by atoms with Gasteiger partial charge in [0.05, 0.1) is 24.6 Å². The molecule has 3 rings (SSSR count). The van der Waals surface area contributed by atoms with Crippen molar-refractivity contribution in [1.29, 1.82) is 0 Å². The molecule has 0 atom stereocenters. The Kier molecular flexibility index (Phi) is 5.90. The van der Waals surface area contributed by atoms with Gasteiger partial charge in [-0.05, 0) is 31.5 Å². The van der Waals surface area contributed by atoms with Gasteiger partial charge in [0.2, 0.25) is 0 Å². The Morgan fingerprint density at radius 2 is 2.10 bits per heavy atom. The number of benzene rings is 1. The van der Waals surface area contributed by atoms with Gasteiger partial charge in [-0.1, -0.05) is 6.07 Å². The number of alkyl halides is 3. The molecule has 10 heteroatoms. The number of imidazole rings is 1. The van der Waals surface area contributed by atoms with E-state index >= 15 is 0 Å². The quantitative estimate of drug-likeness (QED) is 0.611. The summed E-state index contributed by atoms with van der Waals surface area (Å²) in [5.41, 5.74) is -0.623. The second-order valence-electron chi connectivity index (χ2n) is 6.32. The maximum absolute atomic E-state index is 12.9. The molecule has 154 valence electrons. The molecule has 0 aliphatic heterocycles. The van der Waals surface area contributed by atoms with Crippen molar-refractivity contribution in [2.75, 3.05) is 13.7 Å². The smallest absolute Gasteiger partial charge is 0.416 e. The first kappa shape index (κ1) is 20.4. The van der Waals surface area contributed by atoms with E-state index in [9.17, 15) is 18.0 Å². The van der Waals surface area contributed by atoms with Crippen LogP contribution in [0.15, 0.2) is 42.9 Å². The highest BCUT2D eigenvalue weighted by Crippen LogP contribution is 2.30. The molecule has 1 amide bonds. The lowest BCUT2D eigenvalue weighted by Gasteiger charge is -2.08. The number of ether oxygens (including phenoxy) is 1. The van der Waals surface area contributed by atoms with Gasteiger partial charge in [-0.15, -0.1) is 0 Å². The van der Waals surface area contributed by atoms with Crippen molar-refractivity contribution < 1.29 is 22.7 Å². The first-order valence-corrected chi connectivity index (χ1v) is 8.87. The number of amides is 1. The van der Waals surface area contributed by atoms with Gasteiger partial charge < -0.3 is 14.6 Å². The van der Waals surface area contributed by atoms with Gasteiger partial charge in [0.1, 0.15) is 5.82 Å². The van der Waals surface area contributed by atoms with Crippen LogP contribution < -0.4 is 10.1 Å². The third-order valence-corrected chi connectivity index (χ3v) is 4.34. The van der Waals surface area contributed by atoms with Gasteiger partial charge >= 0.3 is 6.18 Å². The van der Waals surface area contributed by atoms with Crippen LogP contribution in [-0.4, -0.2) is 38.9 Å². The Morgan fingerprint density at radius 3 is 2.76 bits per heavy atom. The molecule has 1 N–H and O–H groups in total. The average Bonchev–Trinajstić information content (AvgIpc) is 3.31. The molecule has 0 saturated heterocycles. The molecular weight excluding hydrogens is 387 g/mol. The van der Waals surface area contributed by atoms with Crippen LogP contribution in [0.25, 0.3) is 5.69 Å². The first-order valence-electron chi connectivity index (χ1n) is 8.87. The summed E-state index contributed by atoms with van der Waals surface area (Å²) in [6.45, 7) is 2.99. The van der Waals surface area contributed by atoms with Crippen LogP contribution in [0.2, 0.25) is 0 Å². The molecule has 2 aromatic heterocycles. The molecule has 0 bridgehead atoms. The maximum atomic E-state index is 12.9. The molecular formula is C19H20F3N5O2. The summed E-state index contributed by atoms with van der Waals surface area (Å²) in [6, 6.07) is 4.68. The normalized spacial score (nSPS) is 11.5.